The first kappa shape index (κ1) is 18.6. The predicted molar refractivity (Wildman–Crippen MR) is 103 cm³/mol. The number of aromatic nitrogens is 3. The zero-order valence-electron chi connectivity index (χ0n) is 15.4. The van der Waals surface area contributed by atoms with E-state index in [-0.39, 0.29) is 0 Å². The Morgan fingerprint density at radius 1 is 1.15 bits per heavy atom. The van der Waals surface area contributed by atoms with E-state index in [0.29, 0.717) is 13.0 Å². The number of nitrogens with one attached hydrogen (secondary N) is 1. The smallest absolute Gasteiger partial charge is 0.137 e. The number of hydrogen-bond donors (Lipinski definition) is 1. The maximum atomic E-state index is 8.55. The van der Waals surface area contributed by atoms with Gasteiger partial charge in [0.05, 0.1) is 12.7 Å². The predicted octanol–water partition coefficient (Wildman–Crippen LogP) is 3.55. The lowest BCUT2D eigenvalue weighted by Crippen LogP contribution is -2.13. The summed E-state index contributed by atoms with van der Waals surface area (Å²) in [6, 6.07) is 14.2. The van der Waals surface area contributed by atoms with E-state index in [2.05, 4.69) is 33.5 Å². The molecule has 0 atom stereocenters. The molecule has 3 rings (SSSR count). The normalized spacial score (nSPS) is 10.5. The average Bonchev–Trinajstić information content (AvgIpc) is 3.12. The van der Waals surface area contributed by atoms with Crippen LogP contribution in [0.1, 0.15) is 29.8 Å². The van der Waals surface area contributed by atoms with Crippen LogP contribution in [0.4, 0.5) is 0 Å². The van der Waals surface area contributed by atoms with Crippen LogP contribution >= 0.6 is 0 Å². The van der Waals surface area contributed by atoms with Gasteiger partial charge in [0.2, 0.25) is 0 Å². The number of unbranched alkanes of at least 4 members (excludes halogenated alkanes) is 1. The molecule has 0 aliphatic heterocycles. The van der Waals surface area contributed by atoms with Crippen LogP contribution in [0.2, 0.25) is 0 Å². The minimum atomic E-state index is 0.522. The van der Waals surface area contributed by atoms with Crippen LogP contribution in [0.5, 0.6) is 5.75 Å². The van der Waals surface area contributed by atoms with Gasteiger partial charge in [0.15, 0.2) is 0 Å². The molecular formula is C21H23N5O. The lowest BCUT2D eigenvalue weighted by atomic mass is 10.2. The summed E-state index contributed by atoms with van der Waals surface area (Å²) in [6.45, 7) is 4.01. The second-order valence-corrected chi connectivity index (χ2v) is 6.23. The third-order valence-electron chi connectivity index (χ3n) is 4.14. The van der Waals surface area contributed by atoms with Gasteiger partial charge in [-0.2, -0.15) is 5.26 Å². The van der Waals surface area contributed by atoms with Gasteiger partial charge in [-0.1, -0.05) is 18.2 Å². The lowest BCUT2D eigenvalue weighted by molar-refractivity contribution is 0.312. The van der Waals surface area contributed by atoms with Gasteiger partial charge in [-0.3, -0.25) is 4.57 Å². The van der Waals surface area contributed by atoms with E-state index in [0.717, 1.165) is 48.0 Å². The summed E-state index contributed by atoms with van der Waals surface area (Å²) in [4.78, 5) is 8.73. The van der Waals surface area contributed by atoms with Crippen molar-refractivity contribution in [1.82, 2.24) is 19.9 Å². The van der Waals surface area contributed by atoms with Crippen molar-refractivity contribution < 1.29 is 4.74 Å². The number of pyridine rings is 1. The van der Waals surface area contributed by atoms with Gasteiger partial charge < -0.3 is 10.1 Å². The highest BCUT2D eigenvalue weighted by Gasteiger charge is 2.02. The summed E-state index contributed by atoms with van der Waals surface area (Å²) in [5, 5.41) is 12.0. The van der Waals surface area contributed by atoms with Gasteiger partial charge in [0.1, 0.15) is 17.4 Å². The molecule has 0 aliphatic carbocycles. The highest BCUT2D eigenvalue weighted by atomic mass is 16.5. The van der Waals surface area contributed by atoms with Crippen molar-refractivity contribution in [2.24, 2.45) is 0 Å². The van der Waals surface area contributed by atoms with Crippen molar-refractivity contribution in [2.75, 3.05) is 6.61 Å². The average molecular weight is 361 g/mol. The van der Waals surface area contributed by atoms with Crippen molar-refractivity contribution in [3.05, 3.63) is 71.9 Å². The topological polar surface area (TPSA) is 75.8 Å². The molecule has 2 aromatic heterocycles. The largest absolute Gasteiger partial charge is 0.494 e. The van der Waals surface area contributed by atoms with Crippen molar-refractivity contribution in [2.45, 2.75) is 32.9 Å². The van der Waals surface area contributed by atoms with Gasteiger partial charge in [0, 0.05) is 38.1 Å². The minimum absolute atomic E-state index is 0.522. The maximum absolute atomic E-state index is 8.55. The van der Waals surface area contributed by atoms with Crippen LogP contribution in [0.3, 0.4) is 0 Å². The fourth-order valence-electron chi connectivity index (χ4n) is 2.72. The maximum Gasteiger partial charge on any atom is 0.137 e. The molecule has 0 bridgehead atoms. The zero-order chi connectivity index (χ0) is 18.9. The van der Waals surface area contributed by atoms with E-state index in [9.17, 15) is 0 Å². The molecule has 1 aromatic carbocycles. The van der Waals surface area contributed by atoms with Crippen molar-refractivity contribution in [3.8, 4) is 17.6 Å². The number of nitrogens with zero attached hydrogens (tertiary/aromatic N) is 4. The number of nitriles is 1. The van der Waals surface area contributed by atoms with Gasteiger partial charge >= 0.3 is 0 Å². The Morgan fingerprint density at radius 2 is 2.04 bits per heavy atom. The zero-order valence-corrected chi connectivity index (χ0v) is 15.4. The van der Waals surface area contributed by atoms with Crippen LogP contribution in [-0.2, 0) is 13.1 Å². The molecule has 6 heteroatoms. The molecular weight excluding hydrogens is 338 g/mol. The first-order valence-corrected chi connectivity index (χ1v) is 9.01. The second kappa shape index (κ2) is 9.51. The quantitative estimate of drug-likeness (QED) is 0.590. The van der Waals surface area contributed by atoms with Crippen LogP contribution in [0.15, 0.2) is 55.0 Å². The van der Waals surface area contributed by atoms with E-state index in [1.54, 1.807) is 6.20 Å². The molecule has 0 unspecified atom stereocenters. The monoisotopic (exact) mass is 361 g/mol. The molecule has 0 aliphatic rings. The number of ether oxygens (including phenoxy) is 1. The Morgan fingerprint density at radius 3 is 2.78 bits per heavy atom. The second-order valence-electron chi connectivity index (χ2n) is 6.23. The van der Waals surface area contributed by atoms with Gasteiger partial charge in [-0.25, -0.2) is 9.97 Å². The Kier molecular flexibility index (Phi) is 6.55. The summed E-state index contributed by atoms with van der Waals surface area (Å²) in [6.07, 6.45) is 6.84. The van der Waals surface area contributed by atoms with Crippen LogP contribution in [0, 0.1) is 18.3 Å². The fraction of sp³-hybridized carbons (Fsp3) is 0.286. The summed E-state index contributed by atoms with van der Waals surface area (Å²) in [7, 11) is 0. The molecule has 0 saturated heterocycles. The van der Waals surface area contributed by atoms with Gasteiger partial charge in [-0.05, 0) is 42.7 Å². The molecule has 3 aromatic rings. The molecule has 1 N–H and O–H groups in total. The SMILES string of the molecule is Cc1nccn1-c1ccc(CNCc2cccc(OCCCC#N)c2)cn1. The lowest BCUT2D eigenvalue weighted by Gasteiger charge is -2.09. The Balaban J connectivity index is 1.48. The molecule has 2 heterocycles. The van der Waals surface area contributed by atoms with E-state index in [4.69, 9.17) is 10.00 Å². The fourth-order valence-corrected chi connectivity index (χ4v) is 2.72. The number of aryl methyl sites for hydroxylation is 1. The van der Waals surface area contributed by atoms with E-state index < -0.39 is 0 Å². The van der Waals surface area contributed by atoms with Crippen molar-refractivity contribution in [1.29, 1.82) is 5.26 Å². The minimum Gasteiger partial charge on any atom is -0.494 e. The molecule has 138 valence electrons. The molecule has 0 fully saturated rings. The van der Waals surface area contributed by atoms with E-state index in [1.807, 2.05) is 48.1 Å². The molecule has 0 spiro atoms. The van der Waals surface area contributed by atoms with Crippen molar-refractivity contribution >= 4 is 0 Å². The number of rotatable bonds is 9. The number of imidazole rings is 1. The summed E-state index contributed by atoms with van der Waals surface area (Å²) < 4.78 is 7.63. The first-order chi connectivity index (χ1) is 13.3. The number of hydrogen-bond acceptors (Lipinski definition) is 5. The summed E-state index contributed by atoms with van der Waals surface area (Å²) in [5.41, 5.74) is 2.28. The molecule has 27 heavy (non-hydrogen) atoms. The van der Waals surface area contributed by atoms with Crippen molar-refractivity contribution in [3.63, 3.8) is 0 Å². The highest BCUT2D eigenvalue weighted by molar-refractivity contribution is 5.29. The Labute approximate surface area is 159 Å². The third kappa shape index (κ3) is 5.40. The van der Waals surface area contributed by atoms with Gasteiger partial charge in [-0.15, -0.1) is 0 Å². The molecule has 0 saturated carbocycles. The van der Waals surface area contributed by atoms with Crippen LogP contribution in [0.25, 0.3) is 5.82 Å². The van der Waals surface area contributed by atoms with E-state index in [1.165, 1.54) is 0 Å². The first-order valence-electron chi connectivity index (χ1n) is 9.01. The Hall–Kier alpha value is -3.17. The third-order valence-corrected chi connectivity index (χ3v) is 4.14. The summed E-state index contributed by atoms with van der Waals surface area (Å²) in [5.74, 6) is 2.63. The van der Waals surface area contributed by atoms with Crippen LogP contribution < -0.4 is 10.1 Å². The van der Waals surface area contributed by atoms with Gasteiger partial charge in [0.25, 0.3) is 0 Å². The molecule has 0 radical (unpaired) electrons. The Bertz CT molecular complexity index is 895. The highest BCUT2D eigenvalue weighted by Crippen LogP contribution is 2.14. The van der Waals surface area contributed by atoms with E-state index >= 15 is 0 Å². The molecule has 0 amide bonds. The number of benzene rings is 1. The molecule has 6 nitrogen and oxygen atoms in total. The van der Waals surface area contributed by atoms with Crippen LogP contribution in [-0.4, -0.2) is 21.1 Å². The standard InChI is InChI=1S/C21H23N5O/c1-17-24-10-11-26(17)21-8-7-19(16-25-21)15-23-14-18-5-4-6-20(13-18)27-12-3-2-9-22/h4-8,10-11,13,16,23H,2-3,12,14-15H2,1H3. The summed E-state index contributed by atoms with van der Waals surface area (Å²) >= 11 is 0.